The molecule has 0 unspecified atom stereocenters. The number of methoxy groups -OCH3 is 1. The van der Waals surface area contributed by atoms with Crippen LogP contribution in [0.15, 0.2) is 24.3 Å². The molecular formula is C20H24N4O3. The number of hydrogen-bond donors (Lipinski definition) is 0. The van der Waals surface area contributed by atoms with Gasteiger partial charge in [0.05, 0.1) is 23.7 Å². The number of rotatable bonds is 6. The Morgan fingerprint density at radius 2 is 1.89 bits per heavy atom. The molecule has 1 fully saturated rings. The van der Waals surface area contributed by atoms with Crippen LogP contribution in [-0.2, 0) is 14.3 Å². The van der Waals surface area contributed by atoms with E-state index >= 15 is 0 Å². The second kappa shape index (κ2) is 8.78. The maximum atomic E-state index is 12.6. The third-order valence-corrected chi connectivity index (χ3v) is 4.59. The fourth-order valence-electron chi connectivity index (χ4n) is 3.30. The Labute approximate surface area is 158 Å². The normalized spacial score (nSPS) is 16.6. The highest BCUT2D eigenvalue weighted by molar-refractivity contribution is 5.85. The number of anilines is 1. The zero-order valence-electron chi connectivity index (χ0n) is 15.7. The molecule has 3 rings (SSSR count). The summed E-state index contributed by atoms with van der Waals surface area (Å²) in [4.78, 5) is 24.1. The standard InChI is InChI=1S/C20H24N4O3/c1-14(13-26-2)27-20(25)15(12-21)18-19(24-10-6-3-7-11-24)23-17-9-5-4-8-16(17)22-18/h4-5,8-9,14-15H,3,6-7,10-11,13H2,1-2H3/t14-,15+/m1/s1. The van der Waals surface area contributed by atoms with E-state index in [1.807, 2.05) is 24.3 Å². The molecule has 1 aromatic carbocycles. The van der Waals surface area contributed by atoms with Crippen LogP contribution in [0.4, 0.5) is 5.82 Å². The summed E-state index contributed by atoms with van der Waals surface area (Å²) in [6.07, 6.45) is 2.84. The highest BCUT2D eigenvalue weighted by Crippen LogP contribution is 2.29. The van der Waals surface area contributed by atoms with Gasteiger partial charge < -0.3 is 14.4 Å². The molecule has 27 heavy (non-hydrogen) atoms. The molecule has 1 aliphatic heterocycles. The largest absolute Gasteiger partial charge is 0.459 e. The van der Waals surface area contributed by atoms with Crippen molar-refractivity contribution < 1.29 is 14.3 Å². The second-order valence-corrected chi connectivity index (χ2v) is 6.73. The molecule has 2 heterocycles. The van der Waals surface area contributed by atoms with Crippen LogP contribution in [0.2, 0.25) is 0 Å². The van der Waals surface area contributed by atoms with E-state index in [9.17, 15) is 10.1 Å². The van der Waals surface area contributed by atoms with Gasteiger partial charge in [0, 0.05) is 20.2 Å². The van der Waals surface area contributed by atoms with Crippen LogP contribution in [-0.4, -0.2) is 48.8 Å². The van der Waals surface area contributed by atoms with Crippen LogP contribution >= 0.6 is 0 Å². The quantitative estimate of drug-likeness (QED) is 0.724. The van der Waals surface area contributed by atoms with Crippen LogP contribution in [0.1, 0.15) is 37.8 Å². The van der Waals surface area contributed by atoms with Gasteiger partial charge in [-0.15, -0.1) is 0 Å². The number of para-hydroxylation sites is 2. The number of carbonyl (C=O) groups excluding carboxylic acids is 1. The number of nitriles is 1. The number of hydrogen-bond acceptors (Lipinski definition) is 7. The van der Waals surface area contributed by atoms with Crippen LogP contribution in [0.3, 0.4) is 0 Å². The van der Waals surface area contributed by atoms with Crippen LogP contribution < -0.4 is 4.90 Å². The lowest BCUT2D eigenvalue weighted by atomic mass is 10.0. The van der Waals surface area contributed by atoms with Crippen molar-refractivity contribution in [1.82, 2.24) is 9.97 Å². The van der Waals surface area contributed by atoms with Crippen molar-refractivity contribution in [2.75, 3.05) is 31.7 Å². The second-order valence-electron chi connectivity index (χ2n) is 6.73. The predicted octanol–water partition coefficient (Wildman–Crippen LogP) is 2.81. The highest BCUT2D eigenvalue weighted by Gasteiger charge is 2.31. The van der Waals surface area contributed by atoms with Crippen LogP contribution in [0.5, 0.6) is 0 Å². The molecule has 1 aromatic heterocycles. The maximum Gasteiger partial charge on any atom is 0.330 e. The lowest BCUT2D eigenvalue weighted by molar-refractivity contribution is -0.150. The van der Waals surface area contributed by atoms with Crippen molar-refractivity contribution in [2.45, 2.75) is 38.2 Å². The molecule has 0 saturated carbocycles. The summed E-state index contributed by atoms with van der Waals surface area (Å²) in [5.74, 6) is -1.14. The molecule has 1 saturated heterocycles. The van der Waals surface area contributed by atoms with Gasteiger partial charge in [-0.25, -0.2) is 9.97 Å². The molecule has 1 aliphatic rings. The highest BCUT2D eigenvalue weighted by atomic mass is 16.6. The molecule has 0 aliphatic carbocycles. The minimum absolute atomic E-state index is 0.270. The SMILES string of the molecule is COC[C@@H](C)OC(=O)[C@@H](C#N)c1nc2ccccc2nc1N1CCCCC1. The summed E-state index contributed by atoms with van der Waals surface area (Å²) in [5, 5.41) is 9.72. The van der Waals surface area contributed by atoms with Gasteiger partial charge in [-0.2, -0.15) is 5.26 Å². The van der Waals surface area contributed by atoms with Gasteiger partial charge in [0.2, 0.25) is 0 Å². The summed E-state index contributed by atoms with van der Waals surface area (Å²) in [6.45, 7) is 3.68. The average Bonchev–Trinajstić information content (AvgIpc) is 2.69. The lowest BCUT2D eigenvalue weighted by Gasteiger charge is -2.30. The topological polar surface area (TPSA) is 88.3 Å². The van der Waals surface area contributed by atoms with E-state index < -0.39 is 18.0 Å². The number of nitrogens with zero attached hydrogens (tertiary/aromatic N) is 4. The third kappa shape index (κ3) is 4.34. The minimum atomic E-state index is -1.13. The molecule has 2 aromatic rings. The Kier molecular flexibility index (Phi) is 6.20. The predicted molar refractivity (Wildman–Crippen MR) is 101 cm³/mol. The Morgan fingerprint density at radius 3 is 2.52 bits per heavy atom. The van der Waals surface area contributed by atoms with Crippen LogP contribution in [0.25, 0.3) is 11.0 Å². The molecule has 142 valence electrons. The molecule has 7 heteroatoms. The first-order valence-electron chi connectivity index (χ1n) is 9.24. The Hall–Kier alpha value is -2.72. The van der Waals surface area contributed by atoms with E-state index in [0.717, 1.165) is 31.4 Å². The van der Waals surface area contributed by atoms with E-state index in [1.165, 1.54) is 13.5 Å². The van der Waals surface area contributed by atoms with Crippen molar-refractivity contribution in [2.24, 2.45) is 0 Å². The van der Waals surface area contributed by atoms with Gasteiger partial charge in [-0.3, -0.25) is 4.79 Å². The van der Waals surface area contributed by atoms with Gasteiger partial charge >= 0.3 is 5.97 Å². The first kappa shape index (κ1) is 19.1. The average molecular weight is 368 g/mol. The van der Waals surface area contributed by atoms with Crippen molar-refractivity contribution in [3.63, 3.8) is 0 Å². The maximum absolute atomic E-state index is 12.6. The summed E-state index contributed by atoms with van der Waals surface area (Å²) in [7, 11) is 1.54. The molecule has 0 amide bonds. The summed E-state index contributed by atoms with van der Waals surface area (Å²) in [5.41, 5.74) is 1.78. The number of piperidine rings is 1. The van der Waals surface area contributed by atoms with Gasteiger partial charge in [0.15, 0.2) is 11.7 Å². The van der Waals surface area contributed by atoms with E-state index in [2.05, 4.69) is 16.0 Å². The Morgan fingerprint density at radius 1 is 1.22 bits per heavy atom. The first-order chi connectivity index (χ1) is 13.1. The zero-order valence-corrected chi connectivity index (χ0v) is 15.7. The minimum Gasteiger partial charge on any atom is -0.459 e. The molecule has 2 atom stereocenters. The van der Waals surface area contributed by atoms with Crippen molar-refractivity contribution >= 4 is 22.8 Å². The smallest absolute Gasteiger partial charge is 0.330 e. The molecule has 0 N–H and O–H groups in total. The Bertz CT molecular complexity index is 843. The van der Waals surface area contributed by atoms with E-state index in [1.54, 1.807) is 6.92 Å². The lowest BCUT2D eigenvalue weighted by Crippen LogP contribution is -2.33. The van der Waals surface area contributed by atoms with Crippen LogP contribution in [0, 0.1) is 11.3 Å². The van der Waals surface area contributed by atoms with E-state index in [0.29, 0.717) is 17.0 Å². The van der Waals surface area contributed by atoms with Crippen molar-refractivity contribution in [3.05, 3.63) is 30.0 Å². The monoisotopic (exact) mass is 368 g/mol. The number of ether oxygens (including phenoxy) is 2. The van der Waals surface area contributed by atoms with Gasteiger partial charge in [0.1, 0.15) is 11.8 Å². The fraction of sp³-hybridized carbons (Fsp3) is 0.500. The first-order valence-corrected chi connectivity index (χ1v) is 9.24. The van der Waals surface area contributed by atoms with Gasteiger partial charge in [-0.05, 0) is 38.3 Å². The zero-order chi connectivity index (χ0) is 19.2. The molecule has 0 radical (unpaired) electrons. The summed E-state index contributed by atoms with van der Waals surface area (Å²) < 4.78 is 10.4. The number of benzene rings is 1. The molecule has 7 nitrogen and oxygen atoms in total. The molecule has 0 spiro atoms. The van der Waals surface area contributed by atoms with E-state index in [4.69, 9.17) is 14.5 Å². The van der Waals surface area contributed by atoms with Gasteiger partial charge in [-0.1, -0.05) is 12.1 Å². The number of fused-ring (bicyclic) bond motifs is 1. The van der Waals surface area contributed by atoms with E-state index in [-0.39, 0.29) is 6.61 Å². The van der Waals surface area contributed by atoms with Crippen molar-refractivity contribution in [3.8, 4) is 6.07 Å². The number of aromatic nitrogens is 2. The third-order valence-electron chi connectivity index (χ3n) is 4.59. The fourth-order valence-corrected chi connectivity index (χ4v) is 3.30. The molecular weight excluding hydrogens is 344 g/mol. The summed E-state index contributed by atoms with van der Waals surface area (Å²) in [6, 6.07) is 9.55. The molecule has 0 bridgehead atoms. The van der Waals surface area contributed by atoms with Crippen molar-refractivity contribution in [1.29, 1.82) is 5.26 Å². The number of esters is 1. The number of carbonyl (C=O) groups is 1. The Balaban J connectivity index is 2.01. The summed E-state index contributed by atoms with van der Waals surface area (Å²) >= 11 is 0. The van der Waals surface area contributed by atoms with Gasteiger partial charge in [0.25, 0.3) is 0 Å².